The lowest BCUT2D eigenvalue weighted by Gasteiger charge is -2.14. The molecular weight excluding hydrogens is 248 g/mol. The number of carbonyl (C=O) groups is 3. The Hall–Kier alpha value is -1.59. The van der Waals surface area contributed by atoms with Crippen molar-refractivity contribution in [2.24, 2.45) is 11.7 Å². The van der Waals surface area contributed by atoms with E-state index in [1.54, 1.807) is 0 Å². The predicted molar refractivity (Wildman–Crippen MR) is 69.2 cm³/mol. The summed E-state index contributed by atoms with van der Waals surface area (Å²) in [5.74, 6) is -1.36. The second kappa shape index (κ2) is 7.76. The Labute approximate surface area is 112 Å². The van der Waals surface area contributed by atoms with Gasteiger partial charge in [0.15, 0.2) is 0 Å². The normalized spacial score (nSPS) is 17.1. The predicted octanol–water partition coefficient (Wildman–Crippen LogP) is 0.792. The fourth-order valence-electron chi connectivity index (χ4n) is 2.44. The molecule has 0 aromatic rings. The Morgan fingerprint density at radius 2 is 1.84 bits per heavy atom. The molecule has 6 nitrogen and oxygen atoms in total. The standard InChI is InChI=1S/C13H22N2O4/c14-11(16)7-6-10(13(18)19)15-12(17)8-5-9-3-1-2-4-9/h9-10H,1-8H2,(H2,14,16)(H,15,17)(H,18,19). The minimum atomic E-state index is -1.13. The minimum absolute atomic E-state index is 0.0415. The van der Waals surface area contributed by atoms with E-state index in [0.29, 0.717) is 12.3 Å². The molecule has 0 heterocycles. The van der Waals surface area contributed by atoms with Gasteiger partial charge in [0.05, 0.1) is 0 Å². The Kier molecular flexibility index (Phi) is 6.32. The van der Waals surface area contributed by atoms with Crippen molar-refractivity contribution in [1.82, 2.24) is 5.32 Å². The third kappa shape index (κ3) is 6.22. The Bertz CT molecular complexity index is 338. The molecule has 1 atom stereocenters. The first-order chi connectivity index (χ1) is 8.99. The lowest BCUT2D eigenvalue weighted by molar-refractivity contribution is -0.142. The topological polar surface area (TPSA) is 109 Å². The average Bonchev–Trinajstić information content (AvgIpc) is 2.84. The maximum Gasteiger partial charge on any atom is 0.326 e. The van der Waals surface area contributed by atoms with E-state index in [2.05, 4.69) is 5.32 Å². The van der Waals surface area contributed by atoms with Crippen molar-refractivity contribution in [3.8, 4) is 0 Å². The number of hydrogen-bond donors (Lipinski definition) is 3. The highest BCUT2D eigenvalue weighted by atomic mass is 16.4. The molecule has 1 aliphatic rings. The first-order valence-electron chi connectivity index (χ1n) is 6.79. The van der Waals surface area contributed by atoms with Gasteiger partial charge in [0.1, 0.15) is 6.04 Å². The second-order valence-corrected chi connectivity index (χ2v) is 5.15. The molecule has 0 aromatic carbocycles. The van der Waals surface area contributed by atoms with Crippen molar-refractivity contribution in [3.63, 3.8) is 0 Å². The number of carboxylic acid groups (broad SMARTS) is 1. The summed E-state index contributed by atoms with van der Waals surface area (Å²) in [5.41, 5.74) is 4.97. The summed E-state index contributed by atoms with van der Waals surface area (Å²) in [4.78, 5) is 33.2. The van der Waals surface area contributed by atoms with E-state index in [0.717, 1.165) is 19.3 Å². The summed E-state index contributed by atoms with van der Waals surface area (Å²) in [7, 11) is 0. The smallest absolute Gasteiger partial charge is 0.326 e. The van der Waals surface area contributed by atoms with Crippen LogP contribution in [-0.2, 0) is 14.4 Å². The number of nitrogens with two attached hydrogens (primary N) is 1. The number of hydrogen-bond acceptors (Lipinski definition) is 3. The zero-order valence-electron chi connectivity index (χ0n) is 11.1. The van der Waals surface area contributed by atoms with Gasteiger partial charge in [0, 0.05) is 12.8 Å². The fraction of sp³-hybridized carbons (Fsp3) is 0.769. The van der Waals surface area contributed by atoms with Crippen LogP contribution in [0.4, 0.5) is 0 Å². The van der Waals surface area contributed by atoms with Gasteiger partial charge in [-0.2, -0.15) is 0 Å². The highest BCUT2D eigenvalue weighted by molar-refractivity contribution is 5.84. The number of primary amides is 1. The van der Waals surface area contributed by atoms with Gasteiger partial charge in [-0.05, 0) is 18.8 Å². The fourth-order valence-corrected chi connectivity index (χ4v) is 2.44. The zero-order valence-corrected chi connectivity index (χ0v) is 11.1. The maximum absolute atomic E-state index is 11.7. The van der Waals surface area contributed by atoms with Crippen molar-refractivity contribution in [3.05, 3.63) is 0 Å². The molecule has 0 aromatic heterocycles. The Balaban J connectivity index is 2.29. The van der Waals surface area contributed by atoms with Gasteiger partial charge in [0.25, 0.3) is 0 Å². The molecule has 1 saturated carbocycles. The van der Waals surface area contributed by atoms with Gasteiger partial charge in [-0.1, -0.05) is 25.7 Å². The summed E-state index contributed by atoms with van der Waals surface area (Å²) in [5, 5.41) is 11.4. The van der Waals surface area contributed by atoms with Crippen molar-refractivity contribution >= 4 is 17.8 Å². The van der Waals surface area contributed by atoms with Crippen LogP contribution in [-0.4, -0.2) is 28.9 Å². The van der Waals surface area contributed by atoms with Crippen LogP contribution < -0.4 is 11.1 Å². The van der Waals surface area contributed by atoms with Gasteiger partial charge < -0.3 is 16.2 Å². The highest BCUT2D eigenvalue weighted by Gasteiger charge is 2.21. The Morgan fingerprint density at radius 3 is 2.37 bits per heavy atom. The molecule has 2 amide bonds. The van der Waals surface area contributed by atoms with Gasteiger partial charge >= 0.3 is 5.97 Å². The molecule has 1 fully saturated rings. The largest absolute Gasteiger partial charge is 0.480 e. The van der Waals surface area contributed by atoms with Crippen LogP contribution in [0.15, 0.2) is 0 Å². The van der Waals surface area contributed by atoms with E-state index in [-0.39, 0.29) is 18.7 Å². The van der Waals surface area contributed by atoms with Gasteiger partial charge in [0.2, 0.25) is 11.8 Å². The van der Waals surface area contributed by atoms with Crippen molar-refractivity contribution < 1.29 is 19.5 Å². The van der Waals surface area contributed by atoms with Crippen LogP contribution >= 0.6 is 0 Å². The summed E-state index contributed by atoms with van der Waals surface area (Å²) in [6.07, 6.45) is 5.94. The van der Waals surface area contributed by atoms with Crippen molar-refractivity contribution in [1.29, 1.82) is 0 Å². The van der Waals surface area contributed by atoms with Gasteiger partial charge in [-0.3, -0.25) is 9.59 Å². The van der Waals surface area contributed by atoms with Crippen LogP contribution in [0.5, 0.6) is 0 Å². The van der Waals surface area contributed by atoms with Gasteiger partial charge in [-0.25, -0.2) is 4.79 Å². The molecule has 0 saturated heterocycles. The van der Waals surface area contributed by atoms with Crippen molar-refractivity contribution in [2.45, 2.75) is 57.4 Å². The van der Waals surface area contributed by atoms with E-state index in [1.807, 2.05) is 0 Å². The highest BCUT2D eigenvalue weighted by Crippen LogP contribution is 2.28. The number of aliphatic carboxylic acids is 1. The monoisotopic (exact) mass is 270 g/mol. The maximum atomic E-state index is 11.7. The van der Waals surface area contributed by atoms with E-state index >= 15 is 0 Å². The Morgan fingerprint density at radius 1 is 1.21 bits per heavy atom. The van der Waals surface area contributed by atoms with Crippen LogP contribution in [0.25, 0.3) is 0 Å². The molecular formula is C13H22N2O4. The molecule has 6 heteroatoms. The molecule has 1 rings (SSSR count). The molecule has 108 valence electrons. The summed E-state index contributed by atoms with van der Waals surface area (Å²) >= 11 is 0. The van der Waals surface area contributed by atoms with Crippen LogP contribution in [0, 0.1) is 5.92 Å². The van der Waals surface area contributed by atoms with E-state index < -0.39 is 17.9 Å². The number of carboxylic acids is 1. The average molecular weight is 270 g/mol. The van der Waals surface area contributed by atoms with E-state index in [4.69, 9.17) is 10.8 Å². The molecule has 0 bridgehead atoms. The van der Waals surface area contributed by atoms with Crippen LogP contribution in [0.1, 0.15) is 51.4 Å². The number of amides is 2. The molecule has 4 N–H and O–H groups in total. The summed E-state index contributed by atoms with van der Waals surface area (Å²) in [6.45, 7) is 0. The second-order valence-electron chi connectivity index (χ2n) is 5.15. The molecule has 19 heavy (non-hydrogen) atoms. The SMILES string of the molecule is NC(=O)CCC(NC(=O)CCC1CCCC1)C(=O)O. The molecule has 0 spiro atoms. The third-order valence-electron chi connectivity index (χ3n) is 3.57. The van der Waals surface area contributed by atoms with Crippen LogP contribution in [0.3, 0.4) is 0 Å². The first kappa shape index (κ1) is 15.5. The third-order valence-corrected chi connectivity index (χ3v) is 3.57. The van der Waals surface area contributed by atoms with Crippen molar-refractivity contribution in [2.75, 3.05) is 0 Å². The molecule has 1 unspecified atom stereocenters. The van der Waals surface area contributed by atoms with E-state index in [1.165, 1.54) is 12.8 Å². The number of nitrogens with one attached hydrogen (secondary N) is 1. The first-order valence-corrected chi connectivity index (χ1v) is 6.79. The molecule has 0 radical (unpaired) electrons. The number of rotatable bonds is 8. The van der Waals surface area contributed by atoms with Gasteiger partial charge in [-0.15, -0.1) is 0 Å². The van der Waals surface area contributed by atoms with E-state index in [9.17, 15) is 14.4 Å². The minimum Gasteiger partial charge on any atom is -0.480 e. The lowest BCUT2D eigenvalue weighted by Crippen LogP contribution is -2.41. The quantitative estimate of drug-likeness (QED) is 0.605. The number of carbonyl (C=O) groups excluding carboxylic acids is 2. The summed E-state index contributed by atoms with van der Waals surface area (Å²) < 4.78 is 0. The molecule has 0 aliphatic heterocycles. The summed E-state index contributed by atoms with van der Waals surface area (Å²) in [6, 6.07) is -1.02. The zero-order chi connectivity index (χ0) is 14.3. The lowest BCUT2D eigenvalue weighted by atomic mass is 10.0. The molecule has 1 aliphatic carbocycles. The van der Waals surface area contributed by atoms with Crippen LogP contribution in [0.2, 0.25) is 0 Å².